The predicted octanol–water partition coefficient (Wildman–Crippen LogP) is 2.63. The highest BCUT2D eigenvalue weighted by atomic mass is 32.2. The number of carbonyl (C=O) groups is 1. The van der Waals surface area contributed by atoms with Crippen molar-refractivity contribution < 1.29 is 17.9 Å². The Morgan fingerprint density at radius 1 is 1.19 bits per heavy atom. The first-order valence-corrected chi connectivity index (χ1v) is 10.5. The van der Waals surface area contributed by atoms with Gasteiger partial charge in [-0.3, -0.25) is 4.79 Å². The number of benzene rings is 2. The molecular weight excluding hydrogens is 364 g/mol. The molecule has 1 aliphatic carbocycles. The SMILES string of the molecule is CCOc1ccc(NC(=O)[C@]23C[C@@H]2CN(Cc2ccccc2)S3(=O)=O)cc1. The van der Waals surface area contributed by atoms with Crippen molar-refractivity contribution in [1.29, 1.82) is 0 Å². The van der Waals surface area contributed by atoms with E-state index in [1.165, 1.54) is 4.31 Å². The molecule has 1 saturated heterocycles. The summed E-state index contributed by atoms with van der Waals surface area (Å²) in [5.41, 5.74) is 1.49. The highest BCUT2D eigenvalue weighted by molar-refractivity contribution is 7.92. The highest BCUT2D eigenvalue weighted by Crippen LogP contribution is 2.58. The fourth-order valence-electron chi connectivity index (χ4n) is 3.78. The third-order valence-electron chi connectivity index (χ3n) is 5.28. The maximum absolute atomic E-state index is 13.1. The van der Waals surface area contributed by atoms with E-state index in [0.29, 0.717) is 37.6 Å². The van der Waals surface area contributed by atoms with Crippen molar-refractivity contribution in [1.82, 2.24) is 4.31 Å². The van der Waals surface area contributed by atoms with Crippen molar-refractivity contribution >= 4 is 21.6 Å². The summed E-state index contributed by atoms with van der Waals surface area (Å²) in [5, 5.41) is 2.78. The van der Waals surface area contributed by atoms with Crippen LogP contribution >= 0.6 is 0 Å². The zero-order chi connectivity index (χ0) is 19.1. The van der Waals surface area contributed by atoms with Crippen LogP contribution in [0.15, 0.2) is 54.6 Å². The fraction of sp³-hybridized carbons (Fsp3) is 0.350. The van der Waals surface area contributed by atoms with Crippen LogP contribution in [0.2, 0.25) is 0 Å². The van der Waals surface area contributed by atoms with E-state index in [1.54, 1.807) is 24.3 Å². The summed E-state index contributed by atoms with van der Waals surface area (Å²) in [7, 11) is -3.69. The molecule has 2 atom stereocenters. The van der Waals surface area contributed by atoms with Crippen LogP contribution in [0.25, 0.3) is 0 Å². The quantitative estimate of drug-likeness (QED) is 0.828. The van der Waals surface area contributed by atoms with Gasteiger partial charge in [0, 0.05) is 24.7 Å². The molecule has 27 heavy (non-hydrogen) atoms. The molecule has 2 aliphatic rings. The molecule has 0 spiro atoms. The summed E-state index contributed by atoms with van der Waals surface area (Å²) < 4.78 is 31.7. The van der Waals surface area contributed by atoms with E-state index in [0.717, 1.165) is 5.56 Å². The molecule has 1 aliphatic heterocycles. The van der Waals surface area contributed by atoms with Crippen LogP contribution < -0.4 is 10.1 Å². The van der Waals surface area contributed by atoms with Crippen molar-refractivity contribution in [2.75, 3.05) is 18.5 Å². The molecule has 1 heterocycles. The molecule has 0 aromatic heterocycles. The number of sulfonamides is 1. The van der Waals surface area contributed by atoms with Gasteiger partial charge in [-0.2, -0.15) is 4.31 Å². The minimum Gasteiger partial charge on any atom is -0.494 e. The van der Waals surface area contributed by atoms with Gasteiger partial charge in [0.2, 0.25) is 15.9 Å². The monoisotopic (exact) mass is 386 g/mol. The minimum absolute atomic E-state index is 0.145. The van der Waals surface area contributed by atoms with Gasteiger partial charge in [0.15, 0.2) is 4.75 Å². The van der Waals surface area contributed by atoms with Crippen LogP contribution in [-0.2, 0) is 21.4 Å². The molecule has 0 radical (unpaired) electrons. The summed E-state index contributed by atoms with van der Waals surface area (Å²) >= 11 is 0. The number of carbonyl (C=O) groups excluding carboxylic acids is 1. The van der Waals surface area contributed by atoms with Crippen LogP contribution in [0.5, 0.6) is 5.75 Å². The van der Waals surface area contributed by atoms with Gasteiger partial charge in [-0.15, -0.1) is 0 Å². The Labute approximate surface area is 159 Å². The molecule has 2 fully saturated rings. The van der Waals surface area contributed by atoms with Crippen LogP contribution in [0.3, 0.4) is 0 Å². The molecule has 7 heteroatoms. The van der Waals surface area contributed by atoms with Crippen molar-refractivity contribution in [3.63, 3.8) is 0 Å². The number of hydrogen-bond donors (Lipinski definition) is 1. The molecule has 6 nitrogen and oxygen atoms in total. The van der Waals surface area contributed by atoms with Gasteiger partial charge in [-0.1, -0.05) is 30.3 Å². The molecule has 142 valence electrons. The Morgan fingerprint density at radius 2 is 1.89 bits per heavy atom. The van der Waals surface area contributed by atoms with Crippen molar-refractivity contribution in [2.24, 2.45) is 5.92 Å². The Kier molecular flexibility index (Phi) is 4.44. The maximum atomic E-state index is 13.1. The second-order valence-electron chi connectivity index (χ2n) is 6.99. The molecule has 0 bridgehead atoms. The number of hydrogen-bond acceptors (Lipinski definition) is 4. The summed E-state index contributed by atoms with van der Waals surface area (Å²) in [4.78, 5) is 12.9. The van der Waals surface area contributed by atoms with Crippen molar-refractivity contribution in [3.8, 4) is 5.75 Å². The van der Waals surface area contributed by atoms with Crippen LogP contribution in [0, 0.1) is 5.92 Å². The first kappa shape index (κ1) is 18.0. The van der Waals surface area contributed by atoms with E-state index >= 15 is 0 Å². The predicted molar refractivity (Wildman–Crippen MR) is 103 cm³/mol. The number of ether oxygens (including phenoxy) is 1. The highest BCUT2D eigenvalue weighted by Gasteiger charge is 2.75. The van der Waals surface area contributed by atoms with Gasteiger partial charge < -0.3 is 10.1 Å². The van der Waals surface area contributed by atoms with Gasteiger partial charge in [0.25, 0.3) is 0 Å². The van der Waals surface area contributed by atoms with Gasteiger partial charge in [0.1, 0.15) is 5.75 Å². The number of amides is 1. The van der Waals surface area contributed by atoms with E-state index in [4.69, 9.17) is 4.74 Å². The van der Waals surface area contributed by atoms with E-state index in [1.807, 2.05) is 37.3 Å². The molecule has 1 saturated carbocycles. The largest absolute Gasteiger partial charge is 0.494 e. The smallest absolute Gasteiger partial charge is 0.247 e. The minimum atomic E-state index is -3.69. The lowest BCUT2D eigenvalue weighted by Gasteiger charge is -2.21. The number of nitrogens with one attached hydrogen (secondary N) is 1. The lowest BCUT2D eigenvalue weighted by molar-refractivity contribution is -0.116. The molecule has 4 rings (SSSR count). The Hall–Kier alpha value is -2.38. The second kappa shape index (κ2) is 6.65. The fourth-order valence-corrected chi connectivity index (χ4v) is 6.13. The molecule has 0 unspecified atom stereocenters. The number of anilines is 1. The maximum Gasteiger partial charge on any atom is 0.247 e. The van der Waals surface area contributed by atoms with Gasteiger partial charge in [-0.05, 0) is 43.2 Å². The van der Waals surface area contributed by atoms with Crippen molar-refractivity contribution in [2.45, 2.75) is 24.6 Å². The van der Waals surface area contributed by atoms with Crippen LogP contribution in [0.4, 0.5) is 5.69 Å². The van der Waals surface area contributed by atoms with E-state index in [9.17, 15) is 13.2 Å². The molecular formula is C20H22N2O4S. The van der Waals surface area contributed by atoms with Crippen LogP contribution in [0.1, 0.15) is 18.9 Å². The zero-order valence-corrected chi connectivity index (χ0v) is 15.9. The molecule has 1 amide bonds. The average molecular weight is 386 g/mol. The van der Waals surface area contributed by atoms with E-state index in [-0.39, 0.29) is 5.92 Å². The van der Waals surface area contributed by atoms with Gasteiger partial charge in [-0.25, -0.2) is 8.42 Å². The second-order valence-corrected chi connectivity index (χ2v) is 9.18. The van der Waals surface area contributed by atoms with Crippen LogP contribution in [-0.4, -0.2) is 36.5 Å². The summed E-state index contributed by atoms with van der Waals surface area (Å²) in [6.45, 7) is 3.16. The first-order chi connectivity index (χ1) is 13.0. The Balaban J connectivity index is 1.49. The Morgan fingerprint density at radius 3 is 2.56 bits per heavy atom. The third-order valence-corrected chi connectivity index (χ3v) is 7.85. The van der Waals surface area contributed by atoms with Gasteiger partial charge in [0.05, 0.1) is 6.61 Å². The summed E-state index contributed by atoms with van der Waals surface area (Å²) in [6.07, 6.45) is 0.392. The molecule has 2 aromatic rings. The number of nitrogens with zero attached hydrogens (tertiary/aromatic N) is 1. The van der Waals surface area contributed by atoms with E-state index in [2.05, 4.69) is 5.32 Å². The number of rotatable bonds is 6. The Bertz CT molecular complexity index is 944. The molecule has 2 aromatic carbocycles. The standard InChI is InChI=1S/C20H22N2O4S/c1-2-26-18-10-8-17(9-11-18)21-19(23)20-12-16(20)14-22(27(20,24)25)13-15-6-4-3-5-7-15/h3-11,16H,2,12-14H2,1H3,(H,21,23)/t16-,20+/m1/s1. The van der Waals surface area contributed by atoms with Crippen molar-refractivity contribution in [3.05, 3.63) is 60.2 Å². The lowest BCUT2D eigenvalue weighted by atomic mass is 10.2. The topological polar surface area (TPSA) is 75.7 Å². The normalized spacial score (nSPS) is 25.6. The molecule has 1 N–H and O–H groups in total. The summed E-state index contributed by atoms with van der Waals surface area (Å²) in [5.74, 6) is 0.126. The van der Waals surface area contributed by atoms with Gasteiger partial charge >= 0.3 is 0 Å². The summed E-state index contributed by atoms with van der Waals surface area (Å²) in [6, 6.07) is 16.4. The zero-order valence-electron chi connectivity index (χ0n) is 15.1. The number of fused-ring (bicyclic) bond motifs is 1. The first-order valence-electron chi connectivity index (χ1n) is 9.05. The third kappa shape index (κ3) is 3.00. The average Bonchev–Trinajstić information content (AvgIpc) is 3.35. The van der Waals surface area contributed by atoms with E-state index < -0.39 is 20.7 Å². The lowest BCUT2D eigenvalue weighted by Crippen LogP contribution is -2.41.